The van der Waals surface area contributed by atoms with Crippen LogP contribution >= 0.6 is 0 Å². The van der Waals surface area contributed by atoms with E-state index in [2.05, 4.69) is 5.10 Å². The summed E-state index contributed by atoms with van der Waals surface area (Å²) in [5, 5.41) is 13.4. The number of aryl methyl sites for hydroxylation is 2. The van der Waals surface area contributed by atoms with Gasteiger partial charge in [0.25, 0.3) is 0 Å². The van der Waals surface area contributed by atoms with E-state index in [1.54, 1.807) is 16.8 Å². The molecule has 1 fully saturated rings. The van der Waals surface area contributed by atoms with Crippen LogP contribution in [0.15, 0.2) is 30.3 Å². The van der Waals surface area contributed by atoms with E-state index in [-0.39, 0.29) is 23.9 Å². The first-order chi connectivity index (χ1) is 11.9. The molecule has 0 saturated carbocycles. The minimum atomic E-state index is -0.920. The van der Waals surface area contributed by atoms with E-state index in [1.165, 1.54) is 0 Å². The third kappa shape index (κ3) is 3.90. The maximum atomic E-state index is 12.6. The summed E-state index contributed by atoms with van der Waals surface area (Å²) in [7, 11) is 0. The number of aromatic nitrogens is 2. The van der Waals surface area contributed by atoms with Gasteiger partial charge in [0.2, 0.25) is 5.91 Å². The molecule has 0 aliphatic carbocycles. The van der Waals surface area contributed by atoms with E-state index in [1.807, 2.05) is 36.9 Å². The first kappa shape index (κ1) is 17.2. The number of nitrogens with zero attached hydrogens (tertiary/aromatic N) is 3. The van der Waals surface area contributed by atoms with Gasteiger partial charge in [0, 0.05) is 24.7 Å². The number of carbonyl (C=O) groups excluding carboxylic acids is 1. The van der Waals surface area contributed by atoms with Gasteiger partial charge in [-0.2, -0.15) is 5.10 Å². The van der Waals surface area contributed by atoms with Crippen LogP contribution in [0.1, 0.15) is 46.1 Å². The molecule has 1 amide bonds. The van der Waals surface area contributed by atoms with Gasteiger partial charge in [0.15, 0.2) is 0 Å². The van der Waals surface area contributed by atoms with Crippen LogP contribution in [0.4, 0.5) is 0 Å². The summed E-state index contributed by atoms with van der Waals surface area (Å²) in [5.41, 5.74) is 3.29. The van der Waals surface area contributed by atoms with Crippen LogP contribution in [-0.4, -0.2) is 44.8 Å². The number of hydrogen-bond donors (Lipinski definition) is 1. The Morgan fingerprint density at radius 3 is 2.56 bits per heavy atom. The molecule has 1 atom stereocenters. The Bertz CT molecular complexity index is 780. The SMILES string of the molecule is Cc1cc(C)n(CC(=O)N2CCC[C@@H](c3ccc(C(=O)O)cc3)C2)n1. The molecule has 132 valence electrons. The molecule has 1 aromatic carbocycles. The van der Waals surface area contributed by atoms with Crippen molar-refractivity contribution < 1.29 is 14.7 Å². The average molecular weight is 341 g/mol. The second kappa shape index (κ2) is 7.09. The number of carboxylic acid groups (broad SMARTS) is 1. The molecule has 1 aliphatic rings. The van der Waals surface area contributed by atoms with Gasteiger partial charge >= 0.3 is 5.97 Å². The summed E-state index contributed by atoms with van der Waals surface area (Å²) >= 11 is 0. The van der Waals surface area contributed by atoms with E-state index in [9.17, 15) is 9.59 Å². The largest absolute Gasteiger partial charge is 0.478 e. The number of likely N-dealkylation sites (tertiary alicyclic amines) is 1. The molecule has 2 aromatic rings. The van der Waals surface area contributed by atoms with E-state index in [0.29, 0.717) is 6.54 Å². The molecule has 1 saturated heterocycles. The van der Waals surface area contributed by atoms with Crippen molar-refractivity contribution in [2.75, 3.05) is 13.1 Å². The van der Waals surface area contributed by atoms with Gasteiger partial charge in [-0.1, -0.05) is 12.1 Å². The summed E-state index contributed by atoms with van der Waals surface area (Å²) in [6, 6.07) is 8.96. The lowest BCUT2D eigenvalue weighted by Crippen LogP contribution is -2.41. The zero-order valence-electron chi connectivity index (χ0n) is 14.6. The van der Waals surface area contributed by atoms with Crippen LogP contribution < -0.4 is 0 Å². The Balaban J connectivity index is 1.67. The predicted molar refractivity (Wildman–Crippen MR) is 93.7 cm³/mol. The summed E-state index contributed by atoms with van der Waals surface area (Å²) in [6.07, 6.45) is 1.96. The number of aromatic carboxylic acids is 1. The Morgan fingerprint density at radius 1 is 1.24 bits per heavy atom. The lowest BCUT2D eigenvalue weighted by molar-refractivity contribution is -0.133. The van der Waals surface area contributed by atoms with Crippen molar-refractivity contribution in [3.63, 3.8) is 0 Å². The van der Waals surface area contributed by atoms with Gasteiger partial charge in [-0.15, -0.1) is 0 Å². The zero-order valence-corrected chi connectivity index (χ0v) is 14.6. The van der Waals surface area contributed by atoms with Crippen LogP contribution in [0.3, 0.4) is 0 Å². The van der Waals surface area contributed by atoms with E-state index in [0.717, 1.165) is 36.3 Å². The Morgan fingerprint density at radius 2 is 1.96 bits per heavy atom. The summed E-state index contributed by atoms with van der Waals surface area (Å²) in [6.45, 7) is 5.58. The second-order valence-electron chi connectivity index (χ2n) is 6.69. The quantitative estimate of drug-likeness (QED) is 0.927. The summed E-state index contributed by atoms with van der Waals surface area (Å²) in [4.78, 5) is 25.5. The molecule has 2 heterocycles. The fourth-order valence-corrected chi connectivity index (χ4v) is 3.44. The predicted octanol–water partition coefficient (Wildman–Crippen LogP) is 2.60. The summed E-state index contributed by atoms with van der Waals surface area (Å²) < 4.78 is 1.75. The lowest BCUT2D eigenvalue weighted by Gasteiger charge is -2.33. The lowest BCUT2D eigenvalue weighted by atomic mass is 9.90. The number of piperidine rings is 1. The molecular weight excluding hydrogens is 318 g/mol. The van der Waals surface area contributed by atoms with Crippen LogP contribution in [0.25, 0.3) is 0 Å². The van der Waals surface area contributed by atoms with Gasteiger partial charge in [0.1, 0.15) is 6.54 Å². The summed E-state index contributed by atoms with van der Waals surface area (Å²) in [5.74, 6) is -0.587. The maximum Gasteiger partial charge on any atom is 0.335 e. The molecule has 0 bridgehead atoms. The third-order valence-corrected chi connectivity index (χ3v) is 4.79. The first-order valence-corrected chi connectivity index (χ1v) is 8.56. The number of hydrogen-bond acceptors (Lipinski definition) is 3. The van der Waals surface area contributed by atoms with Gasteiger partial charge in [-0.3, -0.25) is 9.48 Å². The number of rotatable bonds is 4. The minimum Gasteiger partial charge on any atom is -0.478 e. The highest BCUT2D eigenvalue weighted by molar-refractivity contribution is 5.87. The van der Waals surface area contributed by atoms with Crippen LogP contribution in [-0.2, 0) is 11.3 Å². The van der Waals surface area contributed by atoms with Gasteiger partial charge in [-0.05, 0) is 50.5 Å². The average Bonchev–Trinajstić information content (AvgIpc) is 2.92. The number of amides is 1. The smallest absolute Gasteiger partial charge is 0.335 e. The molecule has 0 spiro atoms. The number of carboxylic acids is 1. The fourth-order valence-electron chi connectivity index (χ4n) is 3.44. The molecule has 6 heteroatoms. The van der Waals surface area contributed by atoms with E-state index in [4.69, 9.17) is 5.11 Å². The molecule has 1 aliphatic heterocycles. The van der Waals surface area contributed by atoms with Gasteiger partial charge < -0.3 is 10.0 Å². The molecule has 25 heavy (non-hydrogen) atoms. The third-order valence-electron chi connectivity index (χ3n) is 4.79. The molecule has 1 aromatic heterocycles. The van der Waals surface area contributed by atoms with Crippen LogP contribution in [0.2, 0.25) is 0 Å². The molecule has 0 radical (unpaired) electrons. The number of benzene rings is 1. The molecule has 6 nitrogen and oxygen atoms in total. The van der Waals surface area contributed by atoms with E-state index < -0.39 is 5.97 Å². The fraction of sp³-hybridized carbons (Fsp3) is 0.421. The van der Waals surface area contributed by atoms with Crippen molar-refractivity contribution in [2.45, 2.75) is 39.2 Å². The highest BCUT2D eigenvalue weighted by Crippen LogP contribution is 2.27. The second-order valence-corrected chi connectivity index (χ2v) is 6.69. The maximum absolute atomic E-state index is 12.6. The van der Waals surface area contributed by atoms with Crippen molar-refractivity contribution in [2.24, 2.45) is 0 Å². The topological polar surface area (TPSA) is 75.4 Å². The Kier molecular flexibility index (Phi) is 4.88. The van der Waals surface area contributed by atoms with Gasteiger partial charge in [0.05, 0.1) is 11.3 Å². The zero-order chi connectivity index (χ0) is 18.0. The molecule has 3 rings (SSSR count). The highest BCUT2D eigenvalue weighted by atomic mass is 16.4. The molecule has 1 N–H and O–H groups in total. The monoisotopic (exact) mass is 341 g/mol. The van der Waals surface area contributed by atoms with Crippen molar-refractivity contribution in [1.29, 1.82) is 0 Å². The van der Waals surface area contributed by atoms with Gasteiger partial charge in [-0.25, -0.2) is 4.79 Å². The van der Waals surface area contributed by atoms with Crippen LogP contribution in [0, 0.1) is 13.8 Å². The molecule has 0 unspecified atom stereocenters. The Labute approximate surface area is 147 Å². The van der Waals surface area contributed by atoms with Crippen molar-refractivity contribution >= 4 is 11.9 Å². The van der Waals surface area contributed by atoms with Crippen LogP contribution in [0.5, 0.6) is 0 Å². The minimum absolute atomic E-state index is 0.0815. The van der Waals surface area contributed by atoms with Crippen molar-refractivity contribution in [3.8, 4) is 0 Å². The molecular formula is C19H23N3O3. The van der Waals surface area contributed by atoms with Crippen molar-refractivity contribution in [3.05, 3.63) is 52.8 Å². The number of carbonyl (C=O) groups is 2. The Hall–Kier alpha value is -2.63. The normalized spacial score (nSPS) is 17.5. The standard InChI is InChI=1S/C19H23N3O3/c1-13-10-14(2)22(20-13)12-18(23)21-9-3-4-17(11-21)15-5-7-16(8-6-15)19(24)25/h5-8,10,17H,3-4,9,11-12H2,1-2H3,(H,24,25)/t17-/m1/s1. The van der Waals surface area contributed by atoms with Crippen molar-refractivity contribution in [1.82, 2.24) is 14.7 Å². The first-order valence-electron chi connectivity index (χ1n) is 8.56. The van der Waals surface area contributed by atoms with E-state index >= 15 is 0 Å². The highest BCUT2D eigenvalue weighted by Gasteiger charge is 2.25.